The first-order valence-electron chi connectivity index (χ1n) is 17.4. The molecule has 0 spiro atoms. The van der Waals surface area contributed by atoms with Crippen molar-refractivity contribution in [2.75, 3.05) is 62.4 Å². The van der Waals surface area contributed by atoms with Gasteiger partial charge < -0.3 is 28.6 Å². The number of hydrogen-bond donors (Lipinski definition) is 0. The van der Waals surface area contributed by atoms with E-state index < -0.39 is 0 Å². The lowest BCUT2D eigenvalue weighted by Gasteiger charge is -2.32. The molecule has 0 amide bonds. The molecule has 0 bridgehead atoms. The Morgan fingerprint density at radius 1 is 0.630 bits per heavy atom. The molecule has 3 saturated heterocycles. The van der Waals surface area contributed by atoms with Crippen molar-refractivity contribution in [3.63, 3.8) is 0 Å². The van der Waals surface area contributed by atoms with Gasteiger partial charge >= 0.3 is 7.12 Å². The first-order valence-corrected chi connectivity index (χ1v) is 17.4. The summed E-state index contributed by atoms with van der Waals surface area (Å²) in [5, 5.41) is 8.87. The lowest BCUT2D eigenvalue weighted by Crippen LogP contribution is -2.41. The van der Waals surface area contributed by atoms with Crippen molar-refractivity contribution < 1.29 is 18.8 Å². The van der Waals surface area contributed by atoms with Gasteiger partial charge in [-0.3, -0.25) is 0 Å². The number of fused-ring (bicyclic) bond motifs is 2. The minimum atomic E-state index is -0.365. The van der Waals surface area contributed by atoms with Gasteiger partial charge in [0.25, 0.3) is 0 Å². The molecule has 54 heavy (non-hydrogen) atoms. The summed E-state index contributed by atoms with van der Waals surface area (Å²) in [4.78, 5) is 29.7. The van der Waals surface area contributed by atoms with Gasteiger partial charge in [0, 0.05) is 68.8 Å². The summed E-state index contributed by atoms with van der Waals surface area (Å²) in [6.07, 6.45) is 13.8. The molecule has 17 heteroatoms. The summed E-state index contributed by atoms with van der Waals surface area (Å²) in [5.41, 5.74) is 3.10. The van der Waals surface area contributed by atoms with Crippen LogP contribution in [0.4, 0.5) is 11.6 Å². The normalized spacial score (nSPS) is 17.5. The highest BCUT2D eigenvalue weighted by molar-refractivity contribution is 6.61. The van der Waals surface area contributed by atoms with Crippen LogP contribution < -0.4 is 15.3 Å². The molecule has 6 aromatic rings. The Morgan fingerprint density at radius 2 is 1.09 bits per heavy atom. The van der Waals surface area contributed by atoms with Crippen LogP contribution in [0, 0.1) is 6.92 Å². The molecule has 9 rings (SSSR count). The Labute approximate surface area is 317 Å². The summed E-state index contributed by atoms with van der Waals surface area (Å²) in [5.74, 6) is 3.36. The highest BCUT2D eigenvalue weighted by Gasteiger charge is 2.51. The average Bonchev–Trinajstić information content (AvgIpc) is 3.90. The van der Waals surface area contributed by atoms with E-state index in [0.29, 0.717) is 5.82 Å². The Kier molecular flexibility index (Phi) is 12.9. The van der Waals surface area contributed by atoms with E-state index in [4.69, 9.17) is 23.8 Å². The predicted molar refractivity (Wildman–Crippen MR) is 209 cm³/mol. The zero-order chi connectivity index (χ0) is 36.1. The quantitative estimate of drug-likeness (QED) is 0.240. The lowest BCUT2D eigenvalue weighted by molar-refractivity contribution is 0.00578. The van der Waals surface area contributed by atoms with Crippen LogP contribution in [0.5, 0.6) is 0 Å². The van der Waals surface area contributed by atoms with Crippen LogP contribution >= 0.6 is 0 Å². The van der Waals surface area contributed by atoms with Gasteiger partial charge in [-0.2, -0.15) is 5.10 Å². The van der Waals surface area contributed by atoms with Crippen LogP contribution in [0.15, 0.2) is 74.1 Å². The highest BCUT2D eigenvalue weighted by Crippen LogP contribution is 2.36. The smallest absolute Gasteiger partial charge is 0.399 e. The molecule has 3 fully saturated rings. The molecule has 0 saturated carbocycles. The van der Waals surface area contributed by atoms with Crippen LogP contribution in [-0.2, 0) is 18.8 Å². The van der Waals surface area contributed by atoms with E-state index in [2.05, 4.69) is 44.9 Å². The van der Waals surface area contributed by atoms with Gasteiger partial charge in [0.05, 0.1) is 43.2 Å². The minimum Gasteiger partial charge on any atom is -0.399 e. The van der Waals surface area contributed by atoms with Crippen LogP contribution in [0.1, 0.15) is 48.4 Å². The van der Waals surface area contributed by atoms with Gasteiger partial charge in [0.2, 0.25) is 0 Å². The molecule has 6 aromatic heterocycles. The maximum absolute atomic E-state index is 5.85. The standard InChI is InChI=1S/C14H14N6O.C11H14N4O.C10H15BN2O2.2CH4/c1-2-12-14(19-4-6-21-7-5-19)17-13(18-20(12)3-1)11-8-15-10-16-9-11;1-9-12-11(14-5-7-16-8-6-14)10-3-2-4-15(10)13-9;1-9(2)10(3,4)15-11(14-9)8-5-12-7-13-6-8;;/h1-3,8-10H,4-7H2;2-4H,5-8H2,1H3;5-7H,1-4H3;2*1H4. The third-order valence-corrected chi connectivity index (χ3v) is 9.39. The van der Waals surface area contributed by atoms with E-state index >= 15 is 0 Å². The molecule has 0 radical (unpaired) electrons. The lowest BCUT2D eigenvalue weighted by atomic mass is 9.81. The fourth-order valence-corrected chi connectivity index (χ4v) is 5.91. The van der Waals surface area contributed by atoms with Crippen molar-refractivity contribution in [1.29, 1.82) is 0 Å². The summed E-state index contributed by atoms with van der Waals surface area (Å²) >= 11 is 0. The zero-order valence-corrected chi connectivity index (χ0v) is 30.2. The zero-order valence-electron chi connectivity index (χ0n) is 30.2. The van der Waals surface area contributed by atoms with Crippen LogP contribution in [0.3, 0.4) is 0 Å². The molecule has 16 nitrogen and oxygen atoms in total. The number of ether oxygens (including phenoxy) is 2. The molecule has 0 atom stereocenters. The topological polar surface area (TPSA) is 155 Å². The second-order valence-electron chi connectivity index (χ2n) is 13.5. The number of aryl methyl sites for hydroxylation is 1. The summed E-state index contributed by atoms with van der Waals surface area (Å²) in [6.45, 7) is 16.5. The molecule has 0 aromatic carbocycles. The number of rotatable bonds is 4. The maximum atomic E-state index is 5.85. The van der Waals surface area contributed by atoms with E-state index in [0.717, 1.165) is 92.1 Å². The van der Waals surface area contributed by atoms with Gasteiger partial charge in [0.15, 0.2) is 17.5 Å². The van der Waals surface area contributed by atoms with Gasteiger partial charge in [-0.05, 0) is 58.9 Å². The Hall–Kier alpha value is -5.10. The number of hydrogen-bond acceptors (Lipinski definition) is 14. The third kappa shape index (κ3) is 8.81. The monoisotopic (exact) mass is 738 g/mol. The van der Waals surface area contributed by atoms with Crippen LogP contribution in [0.2, 0.25) is 0 Å². The van der Waals surface area contributed by atoms with Crippen molar-refractivity contribution in [2.45, 2.75) is 60.7 Å². The second kappa shape index (κ2) is 17.4. The summed E-state index contributed by atoms with van der Waals surface area (Å²) in [6, 6.07) is 8.03. The van der Waals surface area contributed by atoms with E-state index in [1.165, 1.54) is 12.7 Å². The molecular formula is C37H51BN12O4. The molecule has 9 heterocycles. The Bertz CT molecular complexity index is 2050. The van der Waals surface area contributed by atoms with Gasteiger partial charge in [-0.15, -0.1) is 5.10 Å². The fourth-order valence-electron chi connectivity index (χ4n) is 5.91. The first kappa shape index (κ1) is 40.1. The molecule has 0 N–H and O–H groups in total. The number of anilines is 2. The van der Waals surface area contributed by atoms with Crippen molar-refractivity contribution >= 4 is 35.3 Å². The Morgan fingerprint density at radius 3 is 1.61 bits per heavy atom. The number of nitrogens with zero attached hydrogens (tertiary/aromatic N) is 12. The van der Waals surface area contributed by atoms with Crippen molar-refractivity contribution in [1.82, 2.24) is 49.1 Å². The molecule has 3 aliphatic heterocycles. The largest absolute Gasteiger partial charge is 0.498 e. The Balaban J connectivity index is 0.000000156. The van der Waals surface area contributed by atoms with E-state index in [-0.39, 0.29) is 33.2 Å². The highest BCUT2D eigenvalue weighted by atomic mass is 16.7. The van der Waals surface area contributed by atoms with Gasteiger partial charge in [0.1, 0.15) is 29.5 Å². The second-order valence-corrected chi connectivity index (χ2v) is 13.5. The maximum Gasteiger partial charge on any atom is 0.498 e. The average molecular weight is 739 g/mol. The minimum absolute atomic E-state index is 0. The molecule has 0 aliphatic carbocycles. The fraction of sp³-hybridized carbons (Fsp3) is 0.459. The molecule has 286 valence electrons. The summed E-state index contributed by atoms with van der Waals surface area (Å²) in [7, 11) is -0.365. The SMILES string of the molecule is C.C.CC1(C)OB(c2cncnc2)OC1(C)C.Cc1nc(N2CCOCC2)c2cccn2n1.c1cc2c(N3CCOCC3)nc(-c3cncnc3)nn2c1. The summed E-state index contributed by atoms with van der Waals surface area (Å²) < 4.78 is 26.2. The molecular weight excluding hydrogens is 687 g/mol. The molecule has 3 aliphatic rings. The van der Waals surface area contributed by atoms with Gasteiger partial charge in [-0.25, -0.2) is 38.9 Å². The van der Waals surface area contributed by atoms with Crippen molar-refractivity contribution in [2.24, 2.45) is 0 Å². The third-order valence-electron chi connectivity index (χ3n) is 9.39. The van der Waals surface area contributed by atoms with E-state index in [9.17, 15) is 0 Å². The van der Waals surface area contributed by atoms with Crippen molar-refractivity contribution in [3.8, 4) is 11.4 Å². The van der Waals surface area contributed by atoms with Gasteiger partial charge in [-0.1, -0.05) is 14.9 Å². The van der Waals surface area contributed by atoms with E-state index in [1.807, 2.05) is 80.3 Å². The van der Waals surface area contributed by atoms with Crippen LogP contribution in [-0.4, -0.2) is 120 Å². The number of morpholine rings is 2. The van der Waals surface area contributed by atoms with E-state index in [1.54, 1.807) is 24.8 Å². The number of aromatic nitrogens is 10. The predicted octanol–water partition coefficient (Wildman–Crippen LogP) is 3.95. The van der Waals surface area contributed by atoms with Crippen LogP contribution in [0.25, 0.3) is 22.4 Å². The van der Waals surface area contributed by atoms with Crippen molar-refractivity contribution in [3.05, 3.63) is 79.9 Å². The molecule has 0 unspecified atom stereocenters. The first-order chi connectivity index (χ1) is 25.2.